The minimum Gasteiger partial charge on any atom is -0.482 e. The van der Waals surface area contributed by atoms with Gasteiger partial charge in [0.1, 0.15) is 12.3 Å². The van der Waals surface area contributed by atoms with E-state index < -0.39 is 28.4 Å². The Kier molecular flexibility index (Phi) is 9.26. The van der Waals surface area contributed by atoms with Crippen molar-refractivity contribution in [3.05, 3.63) is 88.4 Å². The van der Waals surface area contributed by atoms with Crippen LogP contribution >= 0.6 is 11.6 Å². The molecule has 0 saturated carbocycles. The molecule has 1 amide bonds. The molecule has 0 aliphatic heterocycles. The molecule has 0 atom stereocenters. The van der Waals surface area contributed by atoms with Crippen molar-refractivity contribution in [1.29, 1.82) is 0 Å². The Morgan fingerprint density at radius 1 is 1.05 bits per heavy atom. The molecule has 9 nitrogen and oxygen atoms in total. The number of carbonyl (C=O) groups is 2. The van der Waals surface area contributed by atoms with Crippen molar-refractivity contribution < 1.29 is 27.5 Å². The zero-order chi connectivity index (χ0) is 27.0. The SMILES string of the molecule is COC(=O)COc1cccc(/C=N\NC(=O)CN(c2ccc(Cl)cc2C)S(=O)(=O)c2ccc(C)cc2)c1. The molecular formula is C26H26ClN3O6S. The molecule has 0 fully saturated rings. The number of hydrogen-bond donors (Lipinski definition) is 1. The molecule has 0 aromatic heterocycles. The molecule has 0 aliphatic rings. The van der Waals surface area contributed by atoms with Crippen LogP contribution in [-0.4, -0.2) is 46.8 Å². The summed E-state index contributed by atoms with van der Waals surface area (Å²) in [5.41, 5.74) is 4.75. The summed E-state index contributed by atoms with van der Waals surface area (Å²) >= 11 is 6.06. The topological polar surface area (TPSA) is 114 Å². The summed E-state index contributed by atoms with van der Waals surface area (Å²) in [6.07, 6.45) is 1.37. The minimum absolute atomic E-state index is 0.0486. The highest BCUT2D eigenvalue weighted by Gasteiger charge is 2.28. The first-order valence-electron chi connectivity index (χ1n) is 11.1. The maximum Gasteiger partial charge on any atom is 0.343 e. The van der Waals surface area contributed by atoms with E-state index in [1.54, 1.807) is 61.5 Å². The van der Waals surface area contributed by atoms with Gasteiger partial charge in [-0.05, 0) is 67.4 Å². The fourth-order valence-corrected chi connectivity index (χ4v) is 4.98. The monoisotopic (exact) mass is 543 g/mol. The van der Waals surface area contributed by atoms with Gasteiger partial charge in [-0.3, -0.25) is 9.10 Å². The van der Waals surface area contributed by atoms with E-state index in [4.69, 9.17) is 16.3 Å². The highest BCUT2D eigenvalue weighted by Crippen LogP contribution is 2.29. The average Bonchev–Trinajstić information content (AvgIpc) is 2.86. The number of methoxy groups -OCH3 is 1. The zero-order valence-corrected chi connectivity index (χ0v) is 22.0. The Morgan fingerprint density at radius 3 is 2.46 bits per heavy atom. The van der Waals surface area contributed by atoms with E-state index in [1.165, 1.54) is 25.5 Å². The highest BCUT2D eigenvalue weighted by molar-refractivity contribution is 7.92. The predicted molar refractivity (Wildman–Crippen MR) is 142 cm³/mol. The molecule has 3 rings (SSSR count). The molecule has 0 bridgehead atoms. The largest absolute Gasteiger partial charge is 0.482 e. The van der Waals surface area contributed by atoms with Crippen LogP contribution in [0.5, 0.6) is 5.75 Å². The minimum atomic E-state index is -4.08. The molecule has 0 aliphatic carbocycles. The number of ether oxygens (including phenoxy) is 2. The third kappa shape index (κ3) is 7.55. The fourth-order valence-electron chi connectivity index (χ4n) is 3.27. The van der Waals surface area contributed by atoms with Crippen LogP contribution in [0, 0.1) is 13.8 Å². The number of rotatable bonds is 10. The van der Waals surface area contributed by atoms with Crippen molar-refractivity contribution in [1.82, 2.24) is 5.43 Å². The lowest BCUT2D eigenvalue weighted by atomic mass is 10.2. The summed E-state index contributed by atoms with van der Waals surface area (Å²) in [5.74, 6) is -0.763. The van der Waals surface area contributed by atoms with Crippen LogP contribution < -0.4 is 14.5 Å². The van der Waals surface area contributed by atoms with Gasteiger partial charge in [-0.1, -0.05) is 41.4 Å². The number of nitrogens with zero attached hydrogens (tertiary/aromatic N) is 2. The Balaban J connectivity index is 1.78. The van der Waals surface area contributed by atoms with Gasteiger partial charge in [-0.2, -0.15) is 5.10 Å². The Hall–Kier alpha value is -3.89. The predicted octanol–water partition coefficient (Wildman–Crippen LogP) is 3.85. The Bertz CT molecular complexity index is 1410. The molecule has 1 N–H and O–H groups in total. The van der Waals surface area contributed by atoms with Gasteiger partial charge < -0.3 is 9.47 Å². The van der Waals surface area contributed by atoms with Gasteiger partial charge in [-0.25, -0.2) is 18.6 Å². The first-order valence-corrected chi connectivity index (χ1v) is 12.9. The lowest BCUT2D eigenvalue weighted by molar-refractivity contribution is -0.142. The van der Waals surface area contributed by atoms with E-state index in [2.05, 4.69) is 15.3 Å². The molecule has 0 saturated heterocycles. The summed E-state index contributed by atoms with van der Waals surface area (Å²) in [6, 6.07) is 17.8. The number of esters is 1. The number of halogens is 1. The van der Waals surface area contributed by atoms with Gasteiger partial charge in [0, 0.05) is 5.02 Å². The number of aryl methyl sites for hydroxylation is 2. The average molecular weight is 544 g/mol. The molecule has 0 radical (unpaired) electrons. The van der Waals surface area contributed by atoms with Gasteiger partial charge in [0.2, 0.25) is 0 Å². The molecule has 0 heterocycles. The molecular weight excluding hydrogens is 518 g/mol. The van der Waals surface area contributed by atoms with Gasteiger partial charge in [0.25, 0.3) is 15.9 Å². The quantitative estimate of drug-likeness (QED) is 0.236. The second-order valence-electron chi connectivity index (χ2n) is 7.99. The molecule has 3 aromatic rings. The molecule has 37 heavy (non-hydrogen) atoms. The van der Waals surface area contributed by atoms with Crippen LogP contribution in [0.2, 0.25) is 5.02 Å². The second-order valence-corrected chi connectivity index (χ2v) is 10.3. The molecule has 194 valence electrons. The summed E-state index contributed by atoms with van der Waals surface area (Å²) in [5, 5.41) is 4.37. The van der Waals surface area contributed by atoms with Crippen LogP contribution in [0.1, 0.15) is 16.7 Å². The van der Waals surface area contributed by atoms with Crippen LogP contribution in [0.25, 0.3) is 0 Å². The van der Waals surface area contributed by atoms with Gasteiger partial charge in [0.05, 0.1) is 23.9 Å². The number of anilines is 1. The Labute approximate surface area is 220 Å². The van der Waals surface area contributed by atoms with E-state index in [0.717, 1.165) is 9.87 Å². The van der Waals surface area contributed by atoms with Crippen molar-refractivity contribution >= 4 is 45.4 Å². The number of hydrogen-bond acceptors (Lipinski definition) is 7. The first-order chi connectivity index (χ1) is 17.6. The molecule has 3 aromatic carbocycles. The van der Waals surface area contributed by atoms with E-state index in [-0.39, 0.29) is 11.5 Å². The van der Waals surface area contributed by atoms with E-state index in [1.807, 2.05) is 6.92 Å². The molecule has 11 heteroatoms. The van der Waals surface area contributed by atoms with Crippen molar-refractivity contribution in [2.75, 3.05) is 24.6 Å². The smallest absolute Gasteiger partial charge is 0.343 e. The van der Waals surface area contributed by atoms with Gasteiger partial charge in [0.15, 0.2) is 6.61 Å². The van der Waals surface area contributed by atoms with Crippen LogP contribution in [-0.2, 0) is 24.3 Å². The number of amides is 1. The zero-order valence-electron chi connectivity index (χ0n) is 20.5. The first kappa shape index (κ1) is 27.7. The third-order valence-electron chi connectivity index (χ3n) is 5.17. The number of sulfonamides is 1. The maximum absolute atomic E-state index is 13.5. The molecule has 0 spiro atoms. The summed E-state index contributed by atoms with van der Waals surface area (Å²) in [7, 11) is -2.81. The normalized spacial score (nSPS) is 11.2. The van der Waals surface area contributed by atoms with Gasteiger partial charge in [-0.15, -0.1) is 0 Å². The van der Waals surface area contributed by atoms with Crippen molar-refractivity contribution in [3.8, 4) is 5.75 Å². The number of benzene rings is 3. The standard InChI is InChI=1S/C26H26ClN3O6S/c1-18-7-10-23(11-8-18)37(33,34)30(24-12-9-21(27)13-19(24)2)16-25(31)29-28-15-20-5-4-6-22(14-20)36-17-26(32)35-3/h4-15H,16-17H2,1-3H3,(H,29,31)/b28-15-. The fraction of sp³-hybridized carbons (Fsp3) is 0.192. The second kappa shape index (κ2) is 12.4. The number of nitrogens with one attached hydrogen (secondary N) is 1. The maximum atomic E-state index is 13.5. The molecule has 0 unspecified atom stereocenters. The third-order valence-corrected chi connectivity index (χ3v) is 7.18. The van der Waals surface area contributed by atoms with Crippen LogP contribution in [0.15, 0.2) is 76.7 Å². The van der Waals surface area contributed by atoms with Crippen molar-refractivity contribution in [3.63, 3.8) is 0 Å². The van der Waals surface area contributed by atoms with E-state index >= 15 is 0 Å². The number of carbonyl (C=O) groups excluding carboxylic acids is 2. The number of hydrazone groups is 1. The summed E-state index contributed by atoms with van der Waals surface area (Å²) in [6.45, 7) is 2.80. The van der Waals surface area contributed by atoms with Crippen LogP contribution in [0.4, 0.5) is 5.69 Å². The van der Waals surface area contributed by atoms with Crippen molar-refractivity contribution in [2.45, 2.75) is 18.7 Å². The van der Waals surface area contributed by atoms with E-state index in [9.17, 15) is 18.0 Å². The van der Waals surface area contributed by atoms with Crippen LogP contribution in [0.3, 0.4) is 0 Å². The lowest BCUT2D eigenvalue weighted by Gasteiger charge is -2.25. The van der Waals surface area contributed by atoms with E-state index in [0.29, 0.717) is 27.6 Å². The van der Waals surface area contributed by atoms with Crippen molar-refractivity contribution in [2.24, 2.45) is 5.10 Å². The summed E-state index contributed by atoms with van der Waals surface area (Å²) < 4.78 is 37.9. The lowest BCUT2D eigenvalue weighted by Crippen LogP contribution is -2.40. The van der Waals surface area contributed by atoms with Gasteiger partial charge >= 0.3 is 5.97 Å². The highest BCUT2D eigenvalue weighted by atomic mass is 35.5. The Morgan fingerprint density at radius 2 is 1.78 bits per heavy atom. The summed E-state index contributed by atoms with van der Waals surface area (Å²) in [4.78, 5) is 24.1.